The van der Waals surface area contributed by atoms with Crippen LogP contribution in [0.25, 0.3) is 0 Å². The number of hydrogen-bond donors (Lipinski definition) is 1. The Kier molecular flexibility index (Phi) is 9.61. The van der Waals surface area contributed by atoms with Gasteiger partial charge in [0.15, 0.2) is 0 Å². The van der Waals surface area contributed by atoms with Crippen LogP contribution in [-0.4, -0.2) is 61.3 Å². The summed E-state index contributed by atoms with van der Waals surface area (Å²) in [6, 6.07) is 0. The number of hydrogen-bond acceptors (Lipinski definition) is 7. The highest BCUT2D eigenvalue weighted by Gasteiger charge is 2.30. The summed E-state index contributed by atoms with van der Waals surface area (Å²) in [7, 11) is 0. The van der Waals surface area contributed by atoms with E-state index in [0.717, 1.165) is 0 Å². The highest BCUT2D eigenvalue weighted by molar-refractivity contribution is 5.71. The van der Waals surface area contributed by atoms with Crippen molar-refractivity contribution in [3.05, 3.63) is 0 Å². The van der Waals surface area contributed by atoms with Gasteiger partial charge in [-0.2, -0.15) is 0 Å². The molecule has 25 heavy (non-hydrogen) atoms. The van der Waals surface area contributed by atoms with Gasteiger partial charge in [-0.15, -0.1) is 0 Å². The van der Waals surface area contributed by atoms with Crippen LogP contribution in [0.5, 0.6) is 0 Å². The molecule has 0 aliphatic heterocycles. The zero-order chi connectivity index (χ0) is 19.7. The molecule has 0 amide bonds. The van der Waals surface area contributed by atoms with Crippen LogP contribution in [0.2, 0.25) is 0 Å². The van der Waals surface area contributed by atoms with Crippen molar-refractivity contribution in [1.82, 2.24) is 0 Å². The van der Waals surface area contributed by atoms with E-state index in [0.29, 0.717) is 6.42 Å². The minimum atomic E-state index is -0.690. The van der Waals surface area contributed by atoms with Gasteiger partial charge in [-0.05, 0) is 48.0 Å². The zero-order valence-electron chi connectivity index (χ0n) is 16.6. The van der Waals surface area contributed by atoms with Gasteiger partial charge in [-0.1, -0.05) is 6.92 Å². The maximum atomic E-state index is 11.7. The van der Waals surface area contributed by atoms with Gasteiger partial charge in [-0.25, -0.2) is 9.59 Å². The van der Waals surface area contributed by atoms with E-state index in [2.05, 4.69) is 0 Å². The minimum absolute atomic E-state index is 0.119. The Hall–Kier alpha value is -1.18. The van der Waals surface area contributed by atoms with E-state index in [4.69, 9.17) is 18.9 Å². The summed E-state index contributed by atoms with van der Waals surface area (Å²) in [5.74, 6) is -0.935. The highest BCUT2D eigenvalue weighted by atomic mass is 16.6. The Labute approximate surface area is 151 Å². The molecule has 0 rings (SSSR count). The molecule has 0 bridgehead atoms. The van der Waals surface area contributed by atoms with E-state index < -0.39 is 28.6 Å². The first-order valence-electron chi connectivity index (χ1n) is 8.52. The molecule has 148 valence electrons. The first kappa shape index (κ1) is 23.8. The molecule has 0 aliphatic carbocycles. The molecule has 0 saturated carbocycles. The minimum Gasteiger partial charge on any atom is -0.458 e. The third-order valence-corrected chi connectivity index (χ3v) is 3.18. The molecule has 0 unspecified atom stereocenters. The quantitative estimate of drug-likeness (QED) is 0.595. The molecule has 0 spiro atoms. The standard InChI is InChI=1S/C18H34O7/c1-8-18(11-19,12-22-9-14(20)24-16(2,3)4)13-23-10-15(21)25-17(5,6)7/h19H,8-13H2,1-7H3. The van der Waals surface area contributed by atoms with E-state index in [1.165, 1.54) is 0 Å². The van der Waals surface area contributed by atoms with Crippen LogP contribution < -0.4 is 0 Å². The van der Waals surface area contributed by atoms with E-state index in [1.807, 2.05) is 6.92 Å². The second kappa shape index (κ2) is 10.1. The van der Waals surface area contributed by atoms with Crippen molar-refractivity contribution in [2.75, 3.05) is 33.0 Å². The number of ether oxygens (including phenoxy) is 4. The Morgan fingerprint density at radius 3 is 1.40 bits per heavy atom. The van der Waals surface area contributed by atoms with Crippen molar-refractivity contribution in [1.29, 1.82) is 0 Å². The summed E-state index contributed by atoms with van der Waals surface area (Å²) < 4.78 is 21.1. The smallest absolute Gasteiger partial charge is 0.332 e. The van der Waals surface area contributed by atoms with Crippen LogP contribution in [0, 0.1) is 5.41 Å². The molecule has 1 N–H and O–H groups in total. The normalized spacial score (nSPS) is 12.8. The van der Waals surface area contributed by atoms with E-state index in [-0.39, 0.29) is 33.0 Å². The van der Waals surface area contributed by atoms with Crippen LogP contribution in [-0.2, 0) is 28.5 Å². The fourth-order valence-corrected chi connectivity index (χ4v) is 1.89. The summed E-state index contributed by atoms with van der Waals surface area (Å²) in [4.78, 5) is 23.3. The summed E-state index contributed by atoms with van der Waals surface area (Å²) in [5, 5.41) is 9.69. The van der Waals surface area contributed by atoms with Gasteiger partial charge in [0.25, 0.3) is 0 Å². The van der Waals surface area contributed by atoms with E-state index in [1.54, 1.807) is 41.5 Å². The molecular formula is C18H34O7. The summed E-state index contributed by atoms with van der Waals surface area (Å²) in [6.07, 6.45) is 0.562. The Morgan fingerprint density at radius 2 is 1.16 bits per heavy atom. The number of aliphatic hydroxyl groups excluding tert-OH is 1. The topological polar surface area (TPSA) is 91.3 Å². The van der Waals surface area contributed by atoms with Gasteiger partial charge in [-0.3, -0.25) is 0 Å². The lowest BCUT2D eigenvalue weighted by molar-refractivity contribution is -0.164. The zero-order valence-corrected chi connectivity index (χ0v) is 16.6. The molecule has 0 radical (unpaired) electrons. The van der Waals surface area contributed by atoms with Crippen molar-refractivity contribution in [2.24, 2.45) is 5.41 Å². The predicted octanol–water partition coefficient (Wildman–Crippen LogP) is 2.09. The molecule has 0 saturated heterocycles. The second-order valence-electron chi connectivity index (χ2n) is 8.17. The average Bonchev–Trinajstić information content (AvgIpc) is 2.41. The number of carbonyl (C=O) groups excluding carboxylic acids is 2. The monoisotopic (exact) mass is 362 g/mol. The number of carbonyl (C=O) groups is 2. The maximum Gasteiger partial charge on any atom is 0.332 e. The van der Waals surface area contributed by atoms with Crippen molar-refractivity contribution in [3.63, 3.8) is 0 Å². The average molecular weight is 362 g/mol. The molecule has 0 aromatic heterocycles. The SMILES string of the molecule is CCC(CO)(COCC(=O)OC(C)(C)C)COCC(=O)OC(C)(C)C. The summed E-state index contributed by atoms with van der Waals surface area (Å²) >= 11 is 0. The summed E-state index contributed by atoms with van der Waals surface area (Å²) in [5.41, 5.74) is -1.84. The number of rotatable bonds is 10. The number of aliphatic hydroxyl groups is 1. The number of esters is 2. The highest BCUT2D eigenvalue weighted by Crippen LogP contribution is 2.22. The summed E-state index contributed by atoms with van der Waals surface area (Å²) in [6.45, 7) is 12.2. The first-order chi connectivity index (χ1) is 11.3. The lowest BCUT2D eigenvalue weighted by atomic mass is 9.88. The predicted molar refractivity (Wildman–Crippen MR) is 93.1 cm³/mol. The molecule has 0 aliphatic rings. The molecule has 7 nitrogen and oxygen atoms in total. The van der Waals surface area contributed by atoms with Gasteiger partial charge in [0.2, 0.25) is 0 Å². The second-order valence-corrected chi connectivity index (χ2v) is 8.17. The lowest BCUT2D eigenvalue weighted by Crippen LogP contribution is -2.38. The van der Waals surface area contributed by atoms with Gasteiger partial charge in [0, 0.05) is 5.41 Å². The lowest BCUT2D eigenvalue weighted by Gasteiger charge is -2.30. The molecule has 0 fully saturated rings. The van der Waals surface area contributed by atoms with Crippen LogP contribution in [0.4, 0.5) is 0 Å². The molecule has 0 aromatic carbocycles. The molecule has 7 heteroatoms. The van der Waals surface area contributed by atoms with E-state index in [9.17, 15) is 14.7 Å². The van der Waals surface area contributed by atoms with E-state index >= 15 is 0 Å². The van der Waals surface area contributed by atoms with Gasteiger partial charge >= 0.3 is 11.9 Å². The third-order valence-electron chi connectivity index (χ3n) is 3.18. The maximum absolute atomic E-state index is 11.7. The fraction of sp³-hybridized carbons (Fsp3) is 0.889. The molecule has 0 aromatic rings. The fourth-order valence-electron chi connectivity index (χ4n) is 1.89. The van der Waals surface area contributed by atoms with Gasteiger partial charge in [0.05, 0.1) is 19.8 Å². The molecule has 0 heterocycles. The van der Waals surface area contributed by atoms with Crippen LogP contribution in [0.3, 0.4) is 0 Å². The van der Waals surface area contributed by atoms with Crippen molar-refractivity contribution in [3.8, 4) is 0 Å². The van der Waals surface area contributed by atoms with Crippen LogP contribution in [0.15, 0.2) is 0 Å². The molecule has 0 atom stereocenters. The van der Waals surface area contributed by atoms with Crippen LogP contribution in [0.1, 0.15) is 54.9 Å². The van der Waals surface area contributed by atoms with Gasteiger partial charge < -0.3 is 24.1 Å². The largest absolute Gasteiger partial charge is 0.458 e. The Bertz CT molecular complexity index is 378. The third kappa shape index (κ3) is 11.9. The van der Waals surface area contributed by atoms with Crippen molar-refractivity contribution in [2.45, 2.75) is 66.1 Å². The van der Waals surface area contributed by atoms with Gasteiger partial charge in [0.1, 0.15) is 24.4 Å². The van der Waals surface area contributed by atoms with Crippen LogP contribution >= 0.6 is 0 Å². The Morgan fingerprint density at radius 1 is 0.800 bits per heavy atom. The van der Waals surface area contributed by atoms with Crippen molar-refractivity contribution < 1.29 is 33.6 Å². The first-order valence-corrected chi connectivity index (χ1v) is 8.52. The Balaban J connectivity index is 4.36. The van der Waals surface area contributed by atoms with Crippen molar-refractivity contribution >= 4 is 11.9 Å². The molecular weight excluding hydrogens is 328 g/mol.